The molecule has 0 saturated heterocycles. The van der Waals surface area contributed by atoms with Crippen molar-refractivity contribution >= 4 is 5.91 Å². The van der Waals surface area contributed by atoms with Gasteiger partial charge in [0, 0.05) is 23.0 Å². The van der Waals surface area contributed by atoms with Crippen molar-refractivity contribution in [2.24, 2.45) is 5.73 Å². The van der Waals surface area contributed by atoms with E-state index in [1.54, 1.807) is 7.11 Å². The Morgan fingerprint density at radius 2 is 2.04 bits per heavy atom. The van der Waals surface area contributed by atoms with Crippen molar-refractivity contribution < 1.29 is 9.53 Å². The number of rotatable bonds is 7. The molecule has 4 heteroatoms. The molecule has 0 aliphatic heterocycles. The van der Waals surface area contributed by atoms with Crippen LogP contribution in [0, 0.1) is 13.8 Å². The number of nitrogens with zero attached hydrogens (tertiary/aromatic N) is 1. The highest BCUT2D eigenvalue weighted by molar-refractivity contribution is 6.02. The Morgan fingerprint density at radius 3 is 2.56 bits per heavy atom. The van der Waals surface area contributed by atoms with Crippen molar-refractivity contribution in [2.45, 2.75) is 58.9 Å². The smallest absolute Gasteiger partial charge is 0.251 e. The van der Waals surface area contributed by atoms with Gasteiger partial charge in [0.15, 0.2) is 0 Å². The van der Waals surface area contributed by atoms with Crippen molar-refractivity contribution in [3.8, 4) is 16.9 Å². The highest BCUT2D eigenvalue weighted by Crippen LogP contribution is 2.44. The van der Waals surface area contributed by atoms with Crippen LogP contribution in [0.3, 0.4) is 0 Å². The third-order valence-electron chi connectivity index (χ3n) is 5.16. The number of carbonyl (C=O) groups excluding carboxylic acids is 1. The molecule has 3 rings (SSSR count). The lowest BCUT2D eigenvalue weighted by molar-refractivity contribution is 0.1000. The van der Waals surface area contributed by atoms with E-state index in [2.05, 4.69) is 17.6 Å². The van der Waals surface area contributed by atoms with E-state index in [0.29, 0.717) is 11.6 Å². The first-order valence-corrected chi connectivity index (χ1v) is 9.18. The van der Waals surface area contributed by atoms with Crippen LogP contribution in [0.5, 0.6) is 5.75 Å². The summed E-state index contributed by atoms with van der Waals surface area (Å²) in [6.07, 6.45) is 5.59. The summed E-state index contributed by atoms with van der Waals surface area (Å²) in [6.45, 7) is 6.26. The molecular weight excluding hydrogens is 312 g/mol. The molecule has 1 saturated carbocycles. The largest absolute Gasteiger partial charge is 0.496 e. The van der Waals surface area contributed by atoms with Crippen LogP contribution in [0.1, 0.15) is 66.0 Å². The lowest BCUT2D eigenvalue weighted by atomic mass is 9.96. The van der Waals surface area contributed by atoms with Crippen LogP contribution in [0.4, 0.5) is 0 Å². The zero-order valence-corrected chi connectivity index (χ0v) is 15.7. The maximum atomic E-state index is 12.3. The fourth-order valence-corrected chi connectivity index (χ4v) is 3.83. The van der Waals surface area contributed by atoms with Gasteiger partial charge in [0.25, 0.3) is 5.91 Å². The molecule has 0 atom stereocenters. The molecule has 1 amide bonds. The van der Waals surface area contributed by atoms with Crippen LogP contribution in [0.25, 0.3) is 11.1 Å². The van der Waals surface area contributed by atoms with Gasteiger partial charge in [0.2, 0.25) is 0 Å². The first-order chi connectivity index (χ1) is 12.0. The molecule has 25 heavy (non-hydrogen) atoms. The number of aromatic nitrogens is 1. The number of ether oxygens (including phenoxy) is 1. The van der Waals surface area contributed by atoms with E-state index in [9.17, 15) is 4.79 Å². The van der Waals surface area contributed by atoms with Gasteiger partial charge < -0.3 is 15.0 Å². The molecule has 0 spiro atoms. The summed E-state index contributed by atoms with van der Waals surface area (Å²) in [7, 11) is 1.68. The average molecular weight is 340 g/mol. The topological polar surface area (TPSA) is 57.2 Å². The van der Waals surface area contributed by atoms with Gasteiger partial charge in [-0.15, -0.1) is 0 Å². The highest BCUT2D eigenvalue weighted by Gasteiger charge is 2.32. The lowest BCUT2D eigenvalue weighted by Gasteiger charge is -2.13. The van der Waals surface area contributed by atoms with Crippen LogP contribution in [-0.4, -0.2) is 17.6 Å². The third kappa shape index (κ3) is 3.17. The Bertz CT molecular complexity index is 801. The Morgan fingerprint density at radius 1 is 1.32 bits per heavy atom. The molecule has 1 aliphatic rings. The zero-order chi connectivity index (χ0) is 18.1. The van der Waals surface area contributed by atoms with E-state index in [4.69, 9.17) is 10.5 Å². The number of nitrogens with two attached hydrogens (primary N) is 1. The fourth-order valence-electron chi connectivity index (χ4n) is 3.83. The van der Waals surface area contributed by atoms with Gasteiger partial charge in [0.1, 0.15) is 5.75 Å². The number of primary amides is 1. The van der Waals surface area contributed by atoms with Gasteiger partial charge >= 0.3 is 0 Å². The van der Waals surface area contributed by atoms with E-state index in [-0.39, 0.29) is 5.91 Å². The zero-order valence-electron chi connectivity index (χ0n) is 15.7. The van der Waals surface area contributed by atoms with Crippen molar-refractivity contribution in [3.05, 3.63) is 40.7 Å². The van der Waals surface area contributed by atoms with Gasteiger partial charge in [-0.2, -0.15) is 0 Å². The molecule has 4 nitrogen and oxygen atoms in total. The van der Waals surface area contributed by atoms with Crippen LogP contribution in [-0.2, 0) is 6.42 Å². The Hall–Kier alpha value is -2.23. The number of amides is 1. The van der Waals surface area contributed by atoms with Gasteiger partial charge in [-0.3, -0.25) is 4.79 Å². The van der Waals surface area contributed by atoms with E-state index in [0.717, 1.165) is 47.4 Å². The van der Waals surface area contributed by atoms with Gasteiger partial charge in [0.05, 0.1) is 12.7 Å². The second-order valence-corrected chi connectivity index (χ2v) is 7.04. The summed E-state index contributed by atoms with van der Waals surface area (Å²) >= 11 is 0. The van der Waals surface area contributed by atoms with Crippen molar-refractivity contribution in [3.63, 3.8) is 0 Å². The van der Waals surface area contributed by atoms with Crippen molar-refractivity contribution in [1.82, 2.24) is 4.57 Å². The standard InChI is InChI=1S/C21H28N2O2/c1-5-6-7-17-20(15-8-11-18(25-4)13(2)12-15)19(21(22)24)14(3)23(17)16-9-10-16/h8,11-12,16H,5-7,9-10H2,1-4H3,(H2,22,24). The van der Waals surface area contributed by atoms with Crippen LogP contribution < -0.4 is 10.5 Å². The minimum atomic E-state index is -0.335. The second kappa shape index (κ2) is 6.95. The first-order valence-electron chi connectivity index (χ1n) is 9.18. The van der Waals surface area contributed by atoms with E-state index < -0.39 is 0 Å². The van der Waals surface area contributed by atoms with E-state index >= 15 is 0 Å². The van der Waals surface area contributed by atoms with Crippen LogP contribution in [0.2, 0.25) is 0 Å². The monoisotopic (exact) mass is 340 g/mol. The van der Waals surface area contributed by atoms with Crippen LogP contribution >= 0.6 is 0 Å². The quantitative estimate of drug-likeness (QED) is 0.803. The number of unbranched alkanes of at least 4 members (excludes halogenated alkanes) is 1. The van der Waals surface area contributed by atoms with Gasteiger partial charge in [-0.05, 0) is 62.8 Å². The summed E-state index contributed by atoms with van der Waals surface area (Å²) in [5.74, 6) is 0.524. The Balaban J connectivity index is 2.23. The normalized spacial score (nSPS) is 13.9. The molecular formula is C21H28N2O2. The average Bonchev–Trinajstić information content (AvgIpc) is 3.36. The molecule has 1 fully saturated rings. The number of methoxy groups -OCH3 is 1. The SMILES string of the molecule is CCCCc1c(-c2ccc(OC)c(C)c2)c(C(N)=O)c(C)n1C1CC1. The predicted octanol–water partition coefficient (Wildman–Crippen LogP) is 4.56. The summed E-state index contributed by atoms with van der Waals surface area (Å²) < 4.78 is 7.77. The summed E-state index contributed by atoms with van der Waals surface area (Å²) in [5, 5.41) is 0. The predicted molar refractivity (Wildman–Crippen MR) is 101 cm³/mol. The van der Waals surface area contributed by atoms with E-state index in [1.165, 1.54) is 18.5 Å². The summed E-state index contributed by atoms with van der Waals surface area (Å²) in [5.41, 5.74) is 11.9. The molecule has 1 aromatic heterocycles. The maximum Gasteiger partial charge on any atom is 0.251 e. The molecule has 0 bridgehead atoms. The Labute approximate surface area is 150 Å². The number of benzene rings is 1. The summed E-state index contributed by atoms with van der Waals surface area (Å²) in [6, 6.07) is 6.65. The minimum absolute atomic E-state index is 0.335. The maximum absolute atomic E-state index is 12.3. The third-order valence-corrected chi connectivity index (χ3v) is 5.16. The van der Waals surface area contributed by atoms with Gasteiger partial charge in [-0.25, -0.2) is 0 Å². The number of aryl methyl sites for hydroxylation is 1. The molecule has 0 radical (unpaired) electrons. The molecule has 134 valence electrons. The second-order valence-electron chi connectivity index (χ2n) is 7.04. The number of hydrogen-bond donors (Lipinski definition) is 1. The minimum Gasteiger partial charge on any atom is -0.496 e. The first kappa shape index (κ1) is 17.6. The highest BCUT2D eigenvalue weighted by atomic mass is 16.5. The molecule has 2 aromatic rings. The molecule has 1 aliphatic carbocycles. The lowest BCUT2D eigenvalue weighted by Crippen LogP contribution is -2.13. The Kier molecular flexibility index (Phi) is 4.89. The fraction of sp³-hybridized carbons (Fsp3) is 0.476. The summed E-state index contributed by atoms with van der Waals surface area (Å²) in [4.78, 5) is 12.3. The number of carbonyl (C=O) groups is 1. The van der Waals surface area contributed by atoms with E-state index in [1.807, 2.05) is 26.0 Å². The molecule has 0 unspecified atom stereocenters. The number of hydrogen-bond acceptors (Lipinski definition) is 2. The van der Waals surface area contributed by atoms with Crippen LogP contribution in [0.15, 0.2) is 18.2 Å². The van der Waals surface area contributed by atoms with Crippen molar-refractivity contribution in [2.75, 3.05) is 7.11 Å². The van der Waals surface area contributed by atoms with Gasteiger partial charge in [-0.1, -0.05) is 19.4 Å². The van der Waals surface area contributed by atoms with Crippen molar-refractivity contribution in [1.29, 1.82) is 0 Å². The molecule has 1 aromatic carbocycles. The molecule has 2 N–H and O–H groups in total. The molecule has 1 heterocycles.